The van der Waals surface area contributed by atoms with Crippen molar-refractivity contribution in [3.8, 4) is 0 Å². The van der Waals surface area contributed by atoms with Gasteiger partial charge in [-0.25, -0.2) is 9.97 Å². The van der Waals surface area contributed by atoms with Crippen molar-refractivity contribution < 1.29 is 0 Å². The first-order chi connectivity index (χ1) is 10.2. The number of pyridine rings is 1. The zero-order valence-corrected chi connectivity index (χ0v) is 14.3. The highest BCUT2D eigenvalue weighted by Crippen LogP contribution is 2.42. The summed E-state index contributed by atoms with van der Waals surface area (Å²) in [5.41, 5.74) is 3.25. The highest BCUT2D eigenvalue weighted by atomic mass is 35.5. The van der Waals surface area contributed by atoms with Gasteiger partial charge in [-0.3, -0.25) is 0 Å². The molecule has 0 N–H and O–H groups in total. The van der Waals surface area contributed by atoms with E-state index in [1.54, 1.807) is 0 Å². The monoisotopic (exact) mass is 323 g/mol. The summed E-state index contributed by atoms with van der Waals surface area (Å²) in [4.78, 5) is 9.42. The van der Waals surface area contributed by atoms with Crippen molar-refractivity contribution in [1.82, 2.24) is 14.5 Å². The third kappa shape index (κ3) is 2.80. The molecule has 2 heterocycles. The van der Waals surface area contributed by atoms with Crippen LogP contribution < -0.4 is 0 Å². The summed E-state index contributed by atoms with van der Waals surface area (Å²) >= 11 is 7.99. The van der Waals surface area contributed by atoms with E-state index in [0.717, 1.165) is 30.0 Å². The van der Waals surface area contributed by atoms with Gasteiger partial charge in [0.2, 0.25) is 0 Å². The van der Waals surface area contributed by atoms with E-state index < -0.39 is 0 Å². The Labute approximate surface area is 135 Å². The van der Waals surface area contributed by atoms with Crippen molar-refractivity contribution in [2.24, 2.45) is 0 Å². The van der Waals surface area contributed by atoms with Gasteiger partial charge in [-0.15, -0.1) is 11.6 Å². The Kier molecular flexibility index (Phi) is 4.46. The second-order valence-electron chi connectivity index (χ2n) is 5.95. The second-order valence-corrected chi connectivity index (χ2v) is 7.60. The quantitative estimate of drug-likeness (QED) is 0.773. The van der Waals surface area contributed by atoms with Gasteiger partial charge in [-0.1, -0.05) is 12.8 Å². The van der Waals surface area contributed by atoms with Gasteiger partial charge in [0.15, 0.2) is 5.65 Å². The predicted octanol–water partition coefficient (Wildman–Crippen LogP) is 4.20. The molecule has 2 aromatic heterocycles. The molecular weight excluding hydrogens is 302 g/mol. The topological polar surface area (TPSA) is 30.7 Å². The number of alkyl halides is 1. The Bertz CT molecular complexity index is 632. The maximum atomic E-state index is 5.98. The highest BCUT2D eigenvalue weighted by Gasteiger charge is 2.34. The van der Waals surface area contributed by atoms with E-state index in [4.69, 9.17) is 16.6 Å². The molecule has 1 fully saturated rings. The van der Waals surface area contributed by atoms with Crippen LogP contribution in [-0.4, -0.2) is 31.4 Å². The minimum Gasteiger partial charge on any atom is -0.311 e. The van der Waals surface area contributed by atoms with Gasteiger partial charge in [-0.2, -0.15) is 11.8 Å². The molecule has 0 bridgehead atoms. The Hall–Kier alpha value is -0.740. The first-order valence-corrected chi connectivity index (χ1v) is 9.37. The van der Waals surface area contributed by atoms with E-state index in [1.165, 1.54) is 31.2 Å². The Morgan fingerprint density at radius 2 is 2.14 bits per heavy atom. The molecule has 1 aliphatic rings. The van der Waals surface area contributed by atoms with E-state index in [-0.39, 0.29) is 0 Å². The number of thioether (sulfide) groups is 1. The van der Waals surface area contributed by atoms with Crippen LogP contribution in [0.3, 0.4) is 0 Å². The van der Waals surface area contributed by atoms with E-state index in [0.29, 0.717) is 10.6 Å². The molecule has 0 spiro atoms. The summed E-state index contributed by atoms with van der Waals surface area (Å²) in [6.07, 6.45) is 10.2. The summed E-state index contributed by atoms with van der Waals surface area (Å²) in [5, 5.41) is 0. The van der Waals surface area contributed by atoms with Crippen LogP contribution >= 0.6 is 23.4 Å². The first-order valence-electron chi connectivity index (χ1n) is 7.61. The van der Waals surface area contributed by atoms with Crippen LogP contribution in [0.25, 0.3) is 11.2 Å². The number of rotatable bonds is 5. The van der Waals surface area contributed by atoms with Crippen molar-refractivity contribution in [2.45, 2.75) is 50.3 Å². The Balaban J connectivity index is 2.06. The third-order valence-electron chi connectivity index (χ3n) is 4.63. The molecule has 2 aromatic rings. The molecule has 3 nitrogen and oxygen atoms in total. The lowest BCUT2D eigenvalue weighted by Crippen LogP contribution is -2.28. The zero-order valence-electron chi connectivity index (χ0n) is 12.7. The minimum absolute atomic E-state index is 0.347. The van der Waals surface area contributed by atoms with E-state index in [2.05, 4.69) is 22.7 Å². The number of aryl methyl sites for hydroxylation is 2. The largest absolute Gasteiger partial charge is 0.311 e. The lowest BCUT2D eigenvalue weighted by molar-refractivity contribution is 0.500. The smallest absolute Gasteiger partial charge is 0.160 e. The highest BCUT2D eigenvalue weighted by molar-refractivity contribution is 8.00. The van der Waals surface area contributed by atoms with Gasteiger partial charge in [0.05, 0.1) is 0 Å². The lowest BCUT2D eigenvalue weighted by Gasteiger charge is -2.28. The van der Waals surface area contributed by atoms with Gasteiger partial charge in [0.25, 0.3) is 0 Å². The number of fused-ring (bicyclic) bond motifs is 1. The number of hydrogen-bond donors (Lipinski definition) is 0. The van der Waals surface area contributed by atoms with Gasteiger partial charge in [0.1, 0.15) is 11.3 Å². The van der Waals surface area contributed by atoms with Crippen molar-refractivity contribution in [3.63, 3.8) is 0 Å². The number of aromatic nitrogens is 3. The molecule has 0 amide bonds. The lowest BCUT2D eigenvalue weighted by atomic mass is 10.1. The summed E-state index contributed by atoms with van der Waals surface area (Å²) in [6.45, 7) is 3.11. The SMILES string of the molecule is CSC1(Cn2c(CCCl)nc3c(C)ccnc32)CCCC1. The van der Waals surface area contributed by atoms with Gasteiger partial charge in [-0.05, 0) is 37.7 Å². The standard InChI is InChI=1S/C16H22ClN3S/c1-12-6-10-18-15-14(12)19-13(5-9-17)20(15)11-16(21-2)7-3-4-8-16/h6,10H,3-5,7-9,11H2,1-2H3. The summed E-state index contributed by atoms with van der Waals surface area (Å²) in [7, 11) is 0. The van der Waals surface area contributed by atoms with Crippen LogP contribution in [0.4, 0.5) is 0 Å². The molecule has 114 valence electrons. The van der Waals surface area contributed by atoms with E-state index in [1.807, 2.05) is 24.0 Å². The van der Waals surface area contributed by atoms with Gasteiger partial charge < -0.3 is 4.57 Å². The van der Waals surface area contributed by atoms with Crippen molar-refractivity contribution in [1.29, 1.82) is 0 Å². The normalized spacial score (nSPS) is 17.7. The van der Waals surface area contributed by atoms with Crippen LogP contribution in [0.5, 0.6) is 0 Å². The molecule has 0 unspecified atom stereocenters. The van der Waals surface area contributed by atoms with Crippen molar-refractivity contribution in [3.05, 3.63) is 23.7 Å². The molecular formula is C16H22ClN3S. The third-order valence-corrected chi connectivity index (χ3v) is 6.22. The maximum absolute atomic E-state index is 5.98. The molecule has 21 heavy (non-hydrogen) atoms. The molecule has 1 saturated carbocycles. The first kappa shape index (κ1) is 15.2. The number of halogens is 1. The average molecular weight is 324 g/mol. The van der Waals surface area contributed by atoms with Crippen LogP contribution in [0, 0.1) is 6.92 Å². The predicted molar refractivity (Wildman–Crippen MR) is 91.4 cm³/mol. The molecule has 0 aliphatic heterocycles. The Morgan fingerprint density at radius 1 is 1.38 bits per heavy atom. The number of nitrogens with zero attached hydrogens (tertiary/aromatic N) is 3. The molecule has 5 heteroatoms. The summed E-state index contributed by atoms with van der Waals surface area (Å²) in [6, 6.07) is 2.03. The fourth-order valence-corrected chi connectivity index (χ4v) is 4.48. The average Bonchev–Trinajstić information content (AvgIpc) is 3.08. The van der Waals surface area contributed by atoms with Gasteiger partial charge in [0, 0.05) is 29.8 Å². The van der Waals surface area contributed by atoms with Crippen molar-refractivity contribution in [2.75, 3.05) is 12.1 Å². The molecule has 0 saturated heterocycles. The Morgan fingerprint density at radius 3 is 2.81 bits per heavy atom. The zero-order chi connectivity index (χ0) is 14.9. The van der Waals surface area contributed by atoms with E-state index >= 15 is 0 Å². The number of hydrogen-bond acceptors (Lipinski definition) is 3. The van der Waals surface area contributed by atoms with Gasteiger partial charge >= 0.3 is 0 Å². The fourth-order valence-electron chi connectivity index (χ4n) is 3.36. The summed E-state index contributed by atoms with van der Waals surface area (Å²) in [5.74, 6) is 1.69. The molecule has 3 rings (SSSR count). The van der Waals surface area contributed by atoms with Crippen LogP contribution in [0.15, 0.2) is 12.3 Å². The fraction of sp³-hybridized carbons (Fsp3) is 0.625. The van der Waals surface area contributed by atoms with Crippen LogP contribution in [0.1, 0.15) is 37.1 Å². The van der Waals surface area contributed by atoms with Crippen LogP contribution in [0.2, 0.25) is 0 Å². The molecule has 1 aliphatic carbocycles. The number of imidazole rings is 1. The minimum atomic E-state index is 0.347. The van der Waals surface area contributed by atoms with Crippen molar-refractivity contribution >= 4 is 34.5 Å². The van der Waals surface area contributed by atoms with E-state index in [9.17, 15) is 0 Å². The maximum Gasteiger partial charge on any atom is 0.160 e. The van der Waals surface area contributed by atoms with Crippen LogP contribution in [-0.2, 0) is 13.0 Å². The molecule has 0 atom stereocenters. The second kappa shape index (κ2) is 6.17. The molecule has 0 radical (unpaired) electrons. The summed E-state index contributed by atoms with van der Waals surface area (Å²) < 4.78 is 2.67. The molecule has 0 aromatic carbocycles.